The first kappa shape index (κ1) is 12.5. The molecule has 0 aromatic carbocycles. The van der Waals surface area contributed by atoms with Crippen molar-refractivity contribution in [3.8, 4) is 0 Å². The highest BCUT2D eigenvalue weighted by Crippen LogP contribution is 2.36. The van der Waals surface area contributed by atoms with Gasteiger partial charge in [0.15, 0.2) is 0 Å². The van der Waals surface area contributed by atoms with Crippen molar-refractivity contribution in [1.29, 1.82) is 0 Å². The maximum absolute atomic E-state index is 11.6. The minimum absolute atomic E-state index is 0.0185. The number of carbonyl (C=O) groups is 1. The summed E-state index contributed by atoms with van der Waals surface area (Å²) < 4.78 is 0. The lowest BCUT2D eigenvalue weighted by Crippen LogP contribution is -2.44. The summed E-state index contributed by atoms with van der Waals surface area (Å²) in [6, 6.07) is -0.319. The van der Waals surface area contributed by atoms with Crippen LogP contribution in [-0.2, 0) is 4.79 Å². The summed E-state index contributed by atoms with van der Waals surface area (Å²) in [5, 5.41) is 2.99. The van der Waals surface area contributed by atoms with Crippen molar-refractivity contribution in [1.82, 2.24) is 5.32 Å². The highest BCUT2D eigenvalue weighted by atomic mass is 16.2. The van der Waals surface area contributed by atoms with Gasteiger partial charge < -0.3 is 11.1 Å². The van der Waals surface area contributed by atoms with Crippen LogP contribution in [0, 0.1) is 5.41 Å². The van der Waals surface area contributed by atoms with E-state index in [1.54, 1.807) is 0 Å². The van der Waals surface area contributed by atoms with Gasteiger partial charge >= 0.3 is 0 Å². The lowest BCUT2D eigenvalue weighted by Gasteiger charge is -2.24. The number of rotatable bonds is 5. The molecule has 1 rings (SSSR count). The Morgan fingerprint density at radius 1 is 1.47 bits per heavy atom. The lowest BCUT2D eigenvalue weighted by molar-refractivity contribution is -0.123. The van der Waals surface area contributed by atoms with Gasteiger partial charge in [-0.1, -0.05) is 33.1 Å². The van der Waals surface area contributed by atoms with Crippen molar-refractivity contribution in [2.75, 3.05) is 6.54 Å². The quantitative estimate of drug-likeness (QED) is 0.730. The van der Waals surface area contributed by atoms with Gasteiger partial charge in [0.25, 0.3) is 0 Å². The maximum Gasteiger partial charge on any atom is 0.236 e. The molecule has 3 N–H and O–H groups in total. The van der Waals surface area contributed by atoms with Crippen molar-refractivity contribution in [3.05, 3.63) is 0 Å². The van der Waals surface area contributed by atoms with Crippen LogP contribution in [0.3, 0.4) is 0 Å². The molecule has 0 radical (unpaired) electrons. The zero-order valence-corrected chi connectivity index (χ0v) is 10.0. The average molecular weight is 212 g/mol. The Bertz CT molecular complexity index is 210. The van der Waals surface area contributed by atoms with Gasteiger partial charge in [0.2, 0.25) is 5.91 Å². The molecule has 0 saturated heterocycles. The molecule has 0 aliphatic heterocycles. The van der Waals surface area contributed by atoms with E-state index in [9.17, 15) is 4.79 Å². The summed E-state index contributed by atoms with van der Waals surface area (Å²) in [6.07, 6.45) is 6.81. The summed E-state index contributed by atoms with van der Waals surface area (Å²) in [5.74, 6) is 0.0185. The number of amides is 1. The van der Waals surface area contributed by atoms with Gasteiger partial charge in [-0.2, -0.15) is 0 Å². The van der Waals surface area contributed by atoms with Gasteiger partial charge in [-0.25, -0.2) is 0 Å². The van der Waals surface area contributed by atoms with Crippen molar-refractivity contribution >= 4 is 5.91 Å². The molecule has 0 unspecified atom stereocenters. The third kappa shape index (κ3) is 3.82. The van der Waals surface area contributed by atoms with E-state index in [0.29, 0.717) is 5.41 Å². The van der Waals surface area contributed by atoms with E-state index in [-0.39, 0.29) is 11.9 Å². The zero-order chi connectivity index (χ0) is 11.3. The highest BCUT2D eigenvalue weighted by Gasteiger charge is 2.29. The third-order valence-electron chi connectivity index (χ3n) is 3.44. The first-order valence-electron chi connectivity index (χ1n) is 6.11. The summed E-state index contributed by atoms with van der Waals surface area (Å²) in [4.78, 5) is 11.6. The molecule has 1 fully saturated rings. The molecule has 3 heteroatoms. The standard InChI is InChI=1S/C12H24N2O/c1-3-6-10(13)11(15)14-9-12(2)7-4-5-8-12/h10H,3-9,13H2,1-2H3,(H,14,15)/t10-/m0/s1. The Morgan fingerprint density at radius 2 is 2.07 bits per heavy atom. The molecule has 1 atom stereocenters. The monoisotopic (exact) mass is 212 g/mol. The molecule has 0 heterocycles. The third-order valence-corrected chi connectivity index (χ3v) is 3.44. The van der Waals surface area contributed by atoms with E-state index in [4.69, 9.17) is 5.73 Å². The molecular weight excluding hydrogens is 188 g/mol. The summed E-state index contributed by atoms with van der Waals surface area (Å²) >= 11 is 0. The van der Waals surface area contributed by atoms with Crippen LogP contribution in [0.15, 0.2) is 0 Å². The summed E-state index contributed by atoms with van der Waals surface area (Å²) in [6.45, 7) is 5.10. The Kier molecular flexibility index (Phi) is 4.58. The van der Waals surface area contributed by atoms with E-state index < -0.39 is 0 Å². The molecule has 1 amide bonds. The zero-order valence-electron chi connectivity index (χ0n) is 10.0. The minimum atomic E-state index is -0.319. The van der Waals surface area contributed by atoms with Gasteiger partial charge in [0, 0.05) is 6.54 Å². The highest BCUT2D eigenvalue weighted by molar-refractivity contribution is 5.81. The Morgan fingerprint density at radius 3 is 2.60 bits per heavy atom. The Hall–Kier alpha value is -0.570. The van der Waals surface area contributed by atoms with Gasteiger partial charge in [-0.15, -0.1) is 0 Å². The van der Waals surface area contributed by atoms with Crippen LogP contribution in [0.4, 0.5) is 0 Å². The molecule has 0 bridgehead atoms. The molecule has 0 aromatic rings. The van der Waals surface area contributed by atoms with Crippen LogP contribution in [0.2, 0.25) is 0 Å². The minimum Gasteiger partial charge on any atom is -0.354 e. The second-order valence-corrected chi connectivity index (χ2v) is 5.13. The Labute approximate surface area is 92.8 Å². The number of hydrogen-bond acceptors (Lipinski definition) is 2. The van der Waals surface area contributed by atoms with Crippen LogP contribution in [0.1, 0.15) is 52.4 Å². The first-order valence-corrected chi connectivity index (χ1v) is 6.11. The van der Waals surface area contributed by atoms with Crippen LogP contribution in [0.25, 0.3) is 0 Å². The summed E-state index contributed by atoms with van der Waals surface area (Å²) in [5.41, 5.74) is 6.06. The summed E-state index contributed by atoms with van der Waals surface area (Å²) in [7, 11) is 0. The van der Waals surface area contributed by atoms with Gasteiger partial charge in [-0.3, -0.25) is 4.79 Å². The number of carbonyl (C=O) groups excluding carboxylic acids is 1. The van der Waals surface area contributed by atoms with E-state index in [1.807, 2.05) is 6.92 Å². The largest absolute Gasteiger partial charge is 0.354 e. The average Bonchev–Trinajstić information content (AvgIpc) is 2.63. The fourth-order valence-electron chi connectivity index (χ4n) is 2.28. The SMILES string of the molecule is CCC[C@H](N)C(=O)NCC1(C)CCCC1. The predicted molar refractivity (Wildman–Crippen MR) is 62.5 cm³/mol. The van der Waals surface area contributed by atoms with Crippen molar-refractivity contribution in [3.63, 3.8) is 0 Å². The molecule has 88 valence electrons. The van der Waals surface area contributed by atoms with Crippen molar-refractivity contribution < 1.29 is 4.79 Å². The number of nitrogens with two attached hydrogens (primary N) is 1. The molecule has 15 heavy (non-hydrogen) atoms. The number of hydrogen-bond donors (Lipinski definition) is 2. The van der Waals surface area contributed by atoms with E-state index in [0.717, 1.165) is 19.4 Å². The number of nitrogens with one attached hydrogen (secondary N) is 1. The van der Waals surface area contributed by atoms with E-state index in [1.165, 1.54) is 25.7 Å². The fourth-order valence-corrected chi connectivity index (χ4v) is 2.28. The second-order valence-electron chi connectivity index (χ2n) is 5.13. The topological polar surface area (TPSA) is 55.1 Å². The maximum atomic E-state index is 11.6. The van der Waals surface area contributed by atoms with Gasteiger partial charge in [0.1, 0.15) is 0 Å². The molecule has 1 aliphatic rings. The van der Waals surface area contributed by atoms with Gasteiger partial charge in [0.05, 0.1) is 6.04 Å². The smallest absolute Gasteiger partial charge is 0.236 e. The van der Waals surface area contributed by atoms with E-state index in [2.05, 4.69) is 12.2 Å². The molecule has 0 aromatic heterocycles. The van der Waals surface area contributed by atoms with Crippen molar-refractivity contribution in [2.45, 2.75) is 58.4 Å². The molecule has 3 nitrogen and oxygen atoms in total. The molecule has 1 aliphatic carbocycles. The van der Waals surface area contributed by atoms with Crippen LogP contribution >= 0.6 is 0 Å². The first-order chi connectivity index (χ1) is 7.07. The second kappa shape index (κ2) is 5.50. The van der Waals surface area contributed by atoms with Crippen LogP contribution in [-0.4, -0.2) is 18.5 Å². The normalized spacial score (nSPS) is 21.3. The molecule has 0 spiro atoms. The predicted octanol–water partition coefficient (Wildman–Crippen LogP) is 1.81. The van der Waals surface area contributed by atoms with Crippen molar-refractivity contribution in [2.24, 2.45) is 11.1 Å². The Balaban J connectivity index is 2.26. The molecule has 1 saturated carbocycles. The van der Waals surface area contributed by atoms with Crippen LogP contribution in [0.5, 0.6) is 0 Å². The van der Waals surface area contributed by atoms with Gasteiger partial charge in [-0.05, 0) is 24.7 Å². The fraction of sp³-hybridized carbons (Fsp3) is 0.917. The molecular formula is C12H24N2O. The van der Waals surface area contributed by atoms with Crippen LogP contribution < -0.4 is 11.1 Å². The van der Waals surface area contributed by atoms with E-state index >= 15 is 0 Å². The lowest BCUT2D eigenvalue weighted by atomic mass is 9.89.